The van der Waals surface area contributed by atoms with E-state index in [-0.39, 0.29) is 5.84 Å². The molecule has 1 aromatic heterocycles. The number of oxime groups is 1. The van der Waals surface area contributed by atoms with Crippen LogP contribution in [0.4, 0.5) is 5.95 Å². The highest BCUT2D eigenvalue weighted by atomic mass is 16.5. The summed E-state index contributed by atoms with van der Waals surface area (Å²) in [6.07, 6.45) is 0.364. The molecule has 0 aromatic carbocycles. The average Bonchev–Trinajstić information content (AvgIpc) is 2.53. The number of rotatable bonds is 9. The van der Waals surface area contributed by atoms with Crippen molar-refractivity contribution in [3.8, 4) is 11.8 Å². The van der Waals surface area contributed by atoms with Gasteiger partial charge in [0.15, 0.2) is 0 Å². The molecule has 21 heavy (non-hydrogen) atoms. The van der Waals surface area contributed by atoms with Crippen LogP contribution in [-0.4, -0.2) is 62.0 Å². The minimum Gasteiger partial charge on any atom is -0.481 e. The average molecular weight is 299 g/mol. The van der Waals surface area contributed by atoms with Crippen LogP contribution in [0.25, 0.3) is 0 Å². The maximum atomic E-state index is 8.61. The predicted octanol–water partition coefficient (Wildman–Crippen LogP) is 0.0831. The van der Waals surface area contributed by atoms with Gasteiger partial charge in [-0.05, 0) is 0 Å². The van der Waals surface area contributed by atoms with E-state index in [0.29, 0.717) is 43.8 Å². The molecule has 1 aromatic rings. The molecule has 0 saturated carbocycles. The first-order chi connectivity index (χ1) is 10.1. The Kier molecular flexibility index (Phi) is 7.02. The zero-order valence-corrected chi connectivity index (χ0v) is 12.4. The van der Waals surface area contributed by atoms with E-state index in [1.165, 1.54) is 14.2 Å². The lowest BCUT2D eigenvalue weighted by Gasteiger charge is -2.22. The number of hydrogen-bond acceptors (Lipinski definition) is 8. The molecule has 0 atom stereocenters. The summed E-state index contributed by atoms with van der Waals surface area (Å²) in [6.45, 7) is 1.50. The van der Waals surface area contributed by atoms with Gasteiger partial charge in [-0.25, -0.2) is 0 Å². The zero-order valence-electron chi connectivity index (χ0n) is 12.4. The normalized spacial score (nSPS) is 11.3. The maximum Gasteiger partial charge on any atom is 0.232 e. The van der Waals surface area contributed by atoms with Crippen molar-refractivity contribution in [2.24, 2.45) is 10.9 Å². The van der Waals surface area contributed by atoms with Gasteiger partial charge in [-0.15, -0.1) is 0 Å². The van der Waals surface area contributed by atoms with E-state index in [1.807, 2.05) is 4.90 Å². The van der Waals surface area contributed by atoms with Gasteiger partial charge in [0.1, 0.15) is 5.84 Å². The summed E-state index contributed by atoms with van der Waals surface area (Å²) in [6, 6.07) is 1.58. The minimum absolute atomic E-state index is 0.132. The van der Waals surface area contributed by atoms with Crippen molar-refractivity contribution in [2.75, 3.05) is 45.9 Å². The van der Waals surface area contributed by atoms with Crippen LogP contribution in [0.3, 0.4) is 0 Å². The molecule has 1 heterocycles. The van der Waals surface area contributed by atoms with Crippen LogP contribution in [0.5, 0.6) is 11.8 Å². The number of aromatic nitrogens is 2. The van der Waals surface area contributed by atoms with Crippen LogP contribution >= 0.6 is 0 Å². The van der Waals surface area contributed by atoms with Gasteiger partial charge in [0.05, 0.1) is 26.9 Å². The lowest BCUT2D eigenvalue weighted by atomic mass is 10.3. The van der Waals surface area contributed by atoms with Gasteiger partial charge in [0, 0.05) is 26.6 Å². The van der Waals surface area contributed by atoms with Crippen molar-refractivity contribution < 1.29 is 19.4 Å². The second kappa shape index (κ2) is 8.80. The number of ether oxygens (including phenoxy) is 3. The lowest BCUT2D eigenvalue weighted by Crippen LogP contribution is -2.32. The molecule has 0 spiro atoms. The van der Waals surface area contributed by atoms with Crippen LogP contribution in [-0.2, 0) is 4.74 Å². The van der Waals surface area contributed by atoms with E-state index in [1.54, 1.807) is 13.2 Å². The SMILES string of the molecule is COCCN(CC/C(N)=N/O)c1nc(OC)cc(OC)n1. The van der Waals surface area contributed by atoms with Crippen molar-refractivity contribution in [1.82, 2.24) is 9.97 Å². The molecule has 3 N–H and O–H groups in total. The van der Waals surface area contributed by atoms with Crippen LogP contribution in [0.2, 0.25) is 0 Å². The Balaban J connectivity index is 2.94. The van der Waals surface area contributed by atoms with Crippen molar-refractivity contribution in [3.63, 3.8) is 0 Å². The van der Waals surface area contributed by atoms with Gasteiger partial charge in [-0.3, -0.25) is 0 Å². The first-order valence-corrected chi connectivity index (χ1v) is 6.32. The molecule has 9 heteroatoms. The van der Waals surface area contributed by atoms with Crippen LogP contribution in [0.15, 0.2) is 11.2 Å². The van der Waals surface area contributed by atoms with Crippen molar-refractivity contribution in [2.45, 2.75) is 6.42 Å². The molecule has 0 fully saturated rings. The van der Waals surface area contributed by atoms with Crippen molar-refractivity contribution in [1.29, 1.82) is 0 Å². The molecule has 0 aliphatic heterocycles. The zero-order chi connectivity index (χ0) is 15.7. The van der Waals surface area contributed by atoms with E-state index < -0.39 is 0 Å². The smallest absolute Gasteiger partial charge is 0.232 e. The Labute approximate surface area is 123 Å². The third-order valence-corrected chi connectivity index (χ3v) is 2.70. The van der Waals surface area contributed by atoms with Crippen molar-refractivity contribution in [3.05, 3.63) is 6.07 Å². The van der Waals surface area contributed by atoms with E-state index in [4.69, 9.17) is 25.2 Å². The fourth-order valence-corrected chi connectivity index (χ4v) is 1.56. The van der Waals surface area contributed by atoms with Gasteiger partial charge in [-0.2, -0.15) is 9.97 Å². The summed E-state index contributed by atoms with van der Waals surface area (Å²) in [5, 5.41) is 11.6. The fraction of sp³-hybridized carbons (Fsp3) is 0.583. The summed E-state index contributed by atoms with van der Waals surface area (Å²) < 4.78 is 15.3. The molecule has 0 saturated heterocycles. The molecule has 0 bridgehead atoms. The summed E-state index contributed by atoms with van der Waals surface area (Å²) in [5.41, 5.74) is 5.49. The molecule has 9 nitrogen and oxygen atoms in total. The first kappa shape index (κ1) is 16.8. The lowest BCUT2D eigenvalue weighted by molar-refractivity contribution is 0.205. The first-order valence-electron chi connectivity index (χ1n) is 6.32. The second-order valence-electron chi connectivity index (χ2n) is 4.07. The number of amidine groups is 1. The molecule has 0 unspecified atom stereocenters. The molecule has 118 valence electrons. The van der Waals surface area contributed by atoms with Gasteiger partial charge in [0.2, 0.25) is 17.7 Å². The quantitative estimate of drug-likeness (QED) is 0.285. The monoisotopic (exact) mass is 299 g/mol. The molecule has 0 aliphatic rings. The van der Waals surface area contributed by atoms with E-state index in [9.17, 15) is 0 Å². The van der Waals surface area contributed by atoms with Gasteiger partial charge in [0.25, 0.3) is 0 Å². The molecular formula is C12H21N5O4. The number of nitrogens with zero attached hydrogens (tertiary/aromatic N) is 4. The largest absolute Gasteiger partial charge is 0.481 e. The number of anilines is 1. The maximum absolute atomic E-state index is 8.61. The number of nitrogens with two attached hydrogens (primary N) is 1. The molecule has 0 amide bonds. The fourth-order valence-electron chi connectivity index (χ4n) is 1.56. The van der Waals surface area contributed by atoms with E-state index in [0.717, 1.165) is 0 Å². The van der Waals surface area contributed by atoms with Crippen molar-refractivity contribution >= 4 is 11.8 Å². The summed E-state index contributed by atoms with van der Waals surface area (Å²) in [5.74, 6) is 1.34. The summed E-state index contributed by atoms with van der Waals surface area (Å²) in [4.78, 5) is 10.4. The Morgan fingerprint density at radius 1 is 1.24 bits per heavy atom. The summed E-state index contributed by atoms with van der Waals surface area (Å²) >= 11 is 0. The molecule has 0 aliphatic carbocycles. The van der Waals surface area contributed by atoms with Crippen LogP contribution in [0.1, 0.15) is 6.42 Å². The Bertz CT molecular complexity index is 447. The van der Waals surface area contributed by atoms with Gasteiger partial charge in [-0.1, -0.05) is 5.16 Å². The standard InChI is InChI=1S/C12H21N5O4/c1-19-7-6-17(5-4-9(13)16-18)12-14-10(20-2)8-11(15-12)21-3/h8,18H,4-7H2,1-3H3,(H2,13,16). The third-order valence-electron chi connectivity index (χ3n) is 2.70. The third kappa shape index (κ3) is 5.30. The van der Waals surface area contributed by atoms with E-state index in [2.05, 4.69) is 15.1 Å². The van der Waals surface area contributed by atoms with Gasteiger partial charge >= 0.3 is 0 Å². The number of hydrogen-bond donors (Lipinski definition) is 2. The molecule has 0 radical (unpaired) electrons. The highest BCUT2D eigenvalue weighted by molar-refractivity contribution is 5.80. The Morgan fingerprint density at radius 2 is 1.86 bits per heavy atom. The topological polar surface area (TPSA) is 115 Å². The second-order valence-corrected chi connectivity index (χ2v) is 4.07. The Morgan fingerprint density at radius 3 is 2.33 bits per heavy atom. The minimum atomic E-state index is 0.132. The number of methoxy groups -OCH3 is 3. The van der Waals surface area contributed by atoms with Crippen LogP contribution in [0, 0.1) is 0 Å². The predicted molar refractivity (Wildman–Crippen MR) is 77.3 cm³/mol. The highest BCUT2D eigenvalue weighted by Gasteiger charge is 2.14. The Hall–Kier alpha value is -2.29. The van der Waals surface area contributed by atoms with Gasteiger partial charge < -0.3 is 30.1 Å². The summed E-state index contributed by atoms with van der Waals surface area (Å²) in [7, 11) is 4.64. The van der Waals surface area contributed by atoms with Crippen LogP contribution < -0.4 is 20.1 Å². The van der Waals surface area contributed by atoms with E-state index >= 15 is 0 Å². The molecular weight excluding hydrogens is 278 g/mol. The highest BCUT2D eigenvalue weighted by Crippen LogP contribution is 2.20. The molecule has 1 rings (SSSR count).